The number of benzene rings is 8. The Morgan fingerprint density at radius 1 is 0.305 bits per heavy atom. The fraction of sp³-hybridized carbons (Fsp3) is 0.0893. The van der Waals surface area contributed by atoms with E-state index in [2.05, 4.69) is 216 Å². The van der Waals surface area contributed by atoms with Gasteiger partial charge in [0.2, 0.25) is 0 Å². The van der Waals surface area contributed by atoms with Gasteiger partial charge in [0.15, 0.2) is 17.5 Å². The van der Waals surface area contributed by atoms with E-state index in [4.69, 9.17) is 15.0 Å². The van der Waals surface area contributed by atoms with Gasteiger partial charge in [-0.15, -0.1) is 0 Å². The van der Waals surface area contributed by atoms with E-state index in [0.717, 1.165) is 22.3 Å². The second-order valence-corrected chi connectivity index (χ2v) is 15.8. The molecule has 3 nitrogen and oxygen atoms in total. The quantitative estimate of drug-likeness (QED) is 0.162. The maximum absolute atomic E-state index is 5.38. The van der Waals surface area contributed by atoms with E-state index >= 15 is 0 Å². The summed E-state index contributed by atoms with van der Waals surface area (Å²) in [6.07, 6.45) is 0. The number of hydrogen-bond donors (Lipinski definition) is 0. The second-order valence-electron chi connectivity index (χ2n) is 15.8. The van der Waals surface area contributed by atoms with E-state index in [9.17, 15) is 0 Å². The highest BCUT2D eigenvalue weighted by Crippen LogP contribution is 2.58. The van der Waals surface area contributed by atoms with Gasteiger partial charge in [-0.1, -0.05) is 176 Å². The maximum Gasteiger partial charge on any atom is 0.164 e. The molecule has 282 valence electrons. The Hall–Kier alpha value is -7.23. The molecule has 0 amide bonds. The fourth-order valence-electron chi connectivity index (χ4n) is 9.39. The summed E-state index contributed by atoms with van der Waals surface area (Å²) in [5.41, 5.74) is 19.3. The lowest BCUT2D eigenvalue weighted by molar-refractivity contribution is 0.768. The third-order valence-electron chi connectivity index (χ3n) is 12.2. The van der Waals surface area contributed by atoms with Crippen molar-refractivity contribution >= 4 is 0 Å². The smallest absolute Gasteiger partial charge is 0.164 e. The van der Waals surface area contributed by atoms with Crippen molar-refractivity contribution in [2.75, 3.05) is 0 Å². The summed E-state index contributed by atoms with van der Waals surface area (Å²) in [5.74, 6) is 1.94. The van der Waals surface area contributed by atoms with Crippen LogP contribution in [0.15, 0.2) is 188 Å². The molecule has 0 atom stereocenters. The molecule has 59 heavy (non-hydrogen) atoms. The van der Waals surface area contributed by atoms with Crippen molar-refractivity contribution in [3.63, 3.8) is 0 Å². The van der Waals surface area contributed by atoms with E-state index in [1.165, 1.54) is 72.3 Å². The van der Waals surface area contributed by atoms with Crippen molar-refractivity contribution in [1.82, 2.24) is 15.0 Å². The zero-order valence-corrected chi connectivity index (χ0v) is 33.7. The molecule has 0 fully saturated rings. The van der Waals surface area contributed by atoms with Gasteiger partial charge >= 0.3 is 0 Å². The van der Waals surface area contributed by atoms with Crippen molar-refractivity contribution in [1.29, 1.82) is 0 Å². The number of rotatable bonds is 7. The largest absolute Gasteiger partial charge is 0.208 e. The van der Waals surface area contributed by atoms with Gasteiger partial charge in [0.25, 0.3) is 0 Å². The predicted octanol–water partition coefficient (Wildman–Crippen LogP) is 13.8. The lowest BCUT2D eigenvalue weighted by Gasteiger charge is -2.33. The van der Waals surface area contributed by atoms with Crippen LogP contribution in [0.1, 0.15) is 44.5 Å². The summed E-state index contributed by atoms with van der Waals surface area (Å²) >= 11 is 0. The molecule has 1 heterocycles. The molecule has 3 heteroatoms. The number of aromatic nitrogens is 3. The first-order valence-electron chi connectivity index (χ1n) is 20.4. The molecular formula is C56H43N3. The molecular weight excluding hydrogens is 715 g/mol. The lowest BCUT2D eigenvalue weighted by Crippen LogP contribution is -2.28. The summed E-state index contributed by atoms with van der Waals surface area (Å²) in [5, 5.41) is 0. The summed E-state index contributed by atoms with van der Waals surface area (Å²) < 4.78 is 0. The molecule has 0 saturated carbocycles. The summed E-state index contributed by atoms with van der Waals surface area (Å²) in [6.45, 7) is 8.69. The topological polar surface area (TPSA) is 38.7 Å². The number of hydrogen-bond acceptors (Lipinski definition) is 3. The SMILES string of the molecule is Cc1ccccc1-c1ccc(-c2nc(-c3ccc(-c4ccccc4C)c(C)c3)nc(-c3cccc4c3-c3ccccc3C4(c3ccccc3)c3ccccc3)n2)cc1C. The molecule has 10 rings (SSSR count). The van der Waals surface area contributed by atoms with Gasteiger partial charge in [-0.25, -0.2) is 15.0 Å². The van der Waals surface area contributed by atoms with Gasteiger partial charge in [0, 0.05) is 16.7 Å². The zero-order valence-electron chi connectivity index (χ0n) is 33.7. The molecule has 0 N–H and O–H groups in total. The van der Waals surface area contributed by atoms with Gasteiger partial charge in [-0.05, 0) is 118 Å². The molecule has 0 bridgehead atoms. The van der Waals surface area contributed by atoms with Crippen molar-refractivity contribution in [3.05, 3.63) is 233 Å². The van der Waals surface area contributed by atoms with Crippen LogP contribution in [0.3, 0.4) is 0 Å². The van der Waals surface area contributed by atoms with Crippen LogP contribution in [0.5, 0.6) is 0 Å². The first-order valence-corrected chi connectivity index (χ1v) is 20.4. The van der Waals surface area contributed by atoms with E-state index in [1.54, 1.807) is 0 Å². The third kappa shape index (κ3) is 6.01. The van der Waals surface area contributed by atoms with Crippen LogP contribution in [0.25, 0.3) is 67.5 Å². The molecule has 8 aromatic carbocycles. The van der Waals surface area contributed by atoms with Gasteiger partial charge < -0.3 is 0 Å². The molecule has 0 aliphatic heterocycles. The Labute approximate surface area is 346 Å². The standard InChI is InChI=1S/C56H43N3/c1-36-18-11-13-24-44(36)46-32-30-40(34-38(46)3)53-57-54(41-31-33-47(39(4)35-41)45-25-14-12-19-37(45)2)59-55(58-53)49-27-17-29-51-52(49)48-26-15-16-28-50(48)56(51,42-20-7-5-8-21-42)43-22-9-6-10-23-43/h5-35H,1-4H3. The van der Waals surface area contributed by atoms with E-state index < -0.39 is 5.41 Å². The Balaban J connectivity index is 1.21. The van der Waals surface area contributed by atoms with Crippen molar-refractivity contribution in [3.8, 4) is 67.5 Å². The minimum Gasteiger partial charge on any atom is -0.208 e. The van der Waals surface area contributed by atoms with E-state index in [1.807, 2.05) is 0 Å². The van der Waals surface area contributed by atoms with Gasteiger partial charge in [-0.2, -0.15) is 0 Å². The Bertz CT molecular complexity index is 2880. The molecule has 1 aliphatic carbocycles. The van der Waals surface area contributed by atoms with Crippen LogP contribution in [0.2, 0.25) is 0 Å². The van der Waals surface area contributed by atoms with Crippen LogP contribution in [0, 0.1) is 27.7 Å². The highest BCUT2D eigenvalue weighted by atomic mass is 15.0. The molecule has 1 aromatic heterocycles. The van der Waals surface area contributed by atoms with Gasteiger partial charge in [0.1, 0.15) is 0 Å². The first kappa shape index (κ1) is 36.1. The Morgan fingerprint density at radius 2 is 0.712 bits per heavy atom. The lowest BCUT2D eigenvalue weighted by atomic mass is 9.67. The summed E-state index contributed by atoms with van der Waals surface area (Å²) in [6, 6.07) is 67.6. The number of nitrogens with zero attached hydrogens (tertiary/aromatic N) is 3. The van der Waals surface area contributed by atoms with Crippen molar-refractivity contribution in [2.24, 2.45) is 0 Å². The van der Waals surface area contributed by atoms with Crippen LogP contribution in [-0.2, 0) is 5.41 Å². The van der Waals surface area contributed by atoms with Crippen LogP contribution < -0.4 is 0 Å². The molecule has 0 saturated heterocycles. The summed E-state index contributed by atoms with van der Waals surface area (Å²) in [4.78, 5) is 16.0. The Kier molecular flexibility index (Phi) is 8.95. The molecule has 1 aliphatic rings. The highest BCUT2D eigenvalue weighted by molar-refractivity contribution is 5.94. The number of fused-ring (bicyclic) bond motifs is 3. The predicted molar refractivity (Wildman–Crippen MR) is 243 cm³/mol. The molecule has 0 spiro atoms. The van der Waals surface area contributed by atoms with Crippen molar-refractivity contribution in [2.45, 2.75) is 33.1 Å². The first-order chi connectivity index (χ1) is 28.9. The fourth-order valence-corrected chi connectivity index (χ4v) is 9.39. The molecule has 9 aromatic rings. The highest BCUT2D eigenvalue weighted by Gasteiger charge is 2.47. The van der Waals surface area contributed by atoms with E-state index in [0.29, 0.717) is 17.5 Å². The Morgan fingerprint density at radius 3 is 1.22 bits per heavy atom. The van der Waals surface area contributed by atoms with Crippen LogP contribution >= 0.6 is 0 Å². The minimum absolute atomic E-state index is 0.534. The molecule has 0 radical (unpaired) electrons. The van der Waals surface area contributed by atoms with Gasteiger partial charge in [0.05, 0.1) is 5.41 Å². The van der Waals surface area contributed by atoms with Crippen LogP contribution in [-0.4, -0.2) is 15.0 Å². The maximum atomic E-state index is 5.38. The zero-order chi connectivity index (χ0) is 40.1. The van der Waals surface area contributed by atoms with Gasteiger partial charge in [-0.3, -0.25) is 0 Å². The monoisotopic (exact) mass is 757 g/mol. The minimum atomic E-state index is -0.534. The average Bonchev–Trinajstić information content (AvgIpc) is 3.59. The number of aryl methyl sites for hydroxylation is 4. The normalized spacial score (nSPS) is 12.5. The average molecular weight is 758 g/mol. The third-order valence-corrected chi connectivity index (χ3v) is 12.2. The summed E-state index contributed by atoms with van der Waals surface area (Å²) in [7, 11) is 0. The second kappa shape index (κ2) is 14.6. The van der Waals surface area contributed by atoms with Crippen LogP contribution in [0.4, 0.5) is 0 Å². The van der Waals surface area contributed by atoms with E-state index in [-0.39, 0.29) is 0 Å². The molecule has 0 unspecified atom stereocenters. The van der Waals surface area contributed by atoms with Crippen molar-refractivity contribution < 1.29 is 0 Å².